The molecule has 3 aliphatic heterocycles. The van der Waals surface area contributed by atoms with Gasteiger partial charge in [-0.25, -0.2) is 8.78 Å². The van der Waals surface area contributed by atoms with Gasteiger partial charge in [0.05, 0.1) is 24.1 Å². The Labute approximate surface area is 183 Å². The number of fused-ring (bicyclic) bond motifs is 1. The third-order valence-electron chi connectivity index (χ3n) is 6.01. The first-order valence-electron chi connectivity index (χ1n) is 9.95. The summed E-state index contributed by atoms with van der Waals surface area (Å²) in [5.74, 6) is -3.84. The number of halogens is 3. The molecular formula is C18H29ClF2N2O6S. The molecule has 0 radical (unpaired) electrons. The van der Waals surface area contributed by atoms with Crippen LogP contribution in [0.3, 0.4) is 0 Å². The first-order valence-corrected chi connectivity index (χ1v) is 11.7. The summed E-state index contributed by atoms with van der Waals surface area (Å²) in [5.41, 5.74) is -0.815. The summed E-state index contributed by atoms with van der Waals surface area (Å²) in [4.78, 5) is 13.0. The molecule has 1 amide bonds. The molecule has 10 atom stereocenters. The van der Waals surface area contributed by atoms with Gasteiger partial charge in [0.1, 0.15) is 35.9 Å². The number of aliphatic hydroxyl groups excluding tert-OH is 3. The molecule has 8 nitrogen and oxygen atoms in total. The molecule has 3 fully saturated rings. The van der Waals surface area contributed by atoms with Gasteiger partial charge in [-0.3, -0.25) is 4.79 Å². The zero-order valence-electron chi connectivity index (χ0n) is 16.7. The summed E-state index contributed by atoms with van der Waals surface area (Å²) < 4.78 is 39.0. The second-order valence-electron chi connectivity index (χ2n) is 8.18. The molecule has 30 heavy (non-hydrogen) atoms. The number of ether oxygens (including phenoxy) is 2. The number of rotatable bonds is 5. The highest BCUT2D eigenvalue weighted by Crippen LogP contribution is 2.36. The lowest BCUT2D eigenvalue weighted by molar-refractivity contribution is -0.205. The van der Waals surface area contributed by atoms with E-state index in [1.807, 2.05) is 0 Å². The van der Waals surface area contributed by atoms with Crippen LogP contribution in [0.25, 0.3) is 0 Å². The maximum atomic E-state index is 13.9. The van der Waals surface area contributed by atoms with Crippen molar-refractivity contribution in [3.8, 4) is 0 Å². The molecule has 3 rings (SSSR count). The van der Waals surface area contributed by atoms with E-state index >= 15 is 0 Å². The number of hydrogen-bond donors (Lipinski definition) is 5. The van der Waals surface area contributed by atoms with Crippen molar-refractivity contribution in [1.82, 2.24) is 10.6 Å². The average Bonchev–Trinajstić information content (AvgIpc) is 2.99. The van der Waals surface area contributed by atoms with Gasteiger partial charge in [-0.1, -0.05) is 0 Å². The van der Waals surface area contributed by atoms with Gasteiger partial charge in [-0.05, 0) is 13.2 Å². The number of amides is 1. The minimum atomic E-state index is -2.83. The number of alkyl halides is 3. The van der Waals surface area contributed by atoms with Crippen molar-refractivity contribution in [2.45, 2.75) is 79.1 Å². The van der Waals surface area contributed by atoms with Crippen LogP contribution >= 0.6 is 23.4 Å². The van der Waals surface area contributed by atoms with Crippen molar-refractivity contribution in [3.63, 3.8) is 0 Å². The van der Waals surface area contributed by atoms with Crippen LogP contribution in [0.5, 0.6) is 0 Å². The lowest BCUT2D eigenvalue weighted by Gasteiger charge is -2.44. The van der Waals surface area contributed by atoms with Gasteiger partial charge in [0.25, 0.3) is 5.92 Å². The standard InChI is InChI=1S/C18H29ClF2N2O6S/c1-7(19)9(15-12(25)11(24)13(26)17(29-15)30-2)23-16(27)10-14-8(6-22-10)5-18(20,21)3-4-28-14/h7-15,17,22,24-26H,3-6H2,1-2H3,(H,23,27)/t7-,8-,9+,10-,11?,12?,13?,14+,15?,17?/m0/s1. The average molecular weight is 475 g/mol. The Kier molecular flexibility index (Phi) is 7.88. The topological polar surface area (TPSA) is 120 Å². The number of carbonyl (C=O) groups is 1. The van der Waals surface area contributed by atoms with Gasteiger partial charge in [-0.15, -0.1) is 23.4 Å². The second-order valence-corrected chi connectivity index (χ2v) is 9.80. The van der Waals surface area contributed by atoms with Gasteiger partial charge in [0, 0.05) is 25.3 Å². The molecule has 3 heterocycles. The van der Waals surface area contributed by atoms with Crippen LogP contribution in [0.4, 0.5) is 8.78 Å². The highest BCUT2D eigenvalue weighted by Gasteiger charge is 2.51. The smallest absolute Gasteiger partial charge is 0.250 e. The first-order chi connectivity index (χ1) is 14.1. The van der Waals surface area contributed by atoms with Crippen molar-refractivity contribution in [1.29, 1.82) is 0 Å². The molecule has 0 aliphatic carbocycles. The molecule has 0 spiro atoms. The largest absolute Gasteiger partial charge is 0.388 e. The monoisotopic (exact) mass is 474 g/mol. The third-order valence-corrected chi connectivity index (χ3v) is 7.14. The van der Waals surface area contributed by atoms with E-state index in [4.69, 9.17) is 21.1 Å². The first kappa shape index (κ1) is 24.4. The van der Waals surface area contributed by atoms with E-state index in [-0.39, 0.29) is 26.0 Å². The van der Waals surface area contributed by atoms with Crippen LogP contribution in [-0.4, -0.2) is 100.0 Å². The van der Waals surface area contributed by atoms with Crippen LogP contribution in [0.15, 0.2) is 0 Å². The zero-order chi connectivity index (χ0) is 22.2. The van der Waals surface area contributed by atoms with Crippen LogP contribution < -0.4 is 10.6 Å². The molecule has 0 aromatic heterocycles. The molecule has 0 saturated carbocycles. The predicted octanol–water partition coefficient (Wildman–Crippen LogP) is -0.329. The lowest BCUT2D eigenvalue weighted by atomic mass is 9.92. The Balaban J connectivity index is 1.71. The normalized spacial score (nSPS) is 43.3. The highest BCUT2D eigenvalue weighted by molar-refractivity contribution is 7.99. The predicted molar refractivity (Wildman–Crippen MR) is 107 cm³/mol. The van der Waals surface area contributed by atoms with E-state index in [2.05, 4.69) is 10.6 Å². The van der Waals surface area contributed by atoms with Crippen LogP contribution in [0.2, 0.25) is 0 Å². The van der Waals surface area contributed by atoms with Gasteiger partial charge in [-0.2, -0.15) is 0 Å². The van der Waals surface area contributed by atoms with E-state index in [1.54, 1.807) is 13.2 Å². The van der Waals surface area contributed by atoms with Gasteiger partial charge in [0.15, 0.2) is 0 Å². The minimum Gasteiger partial charge on any atom is -0.388 e. The lowest BCUT2D eigenvalue weighted by Crippen LogP contribution is -2.65. The van der Waals surface area contributed by atoms with Crippen molar-refractivity contribution in [2.24, 2.45) is 5.92 Å². The summed E-state index contributed by atoms with van der Waals surface area (Å²) in [6, 6.07) is -1.76. The number of aliphatic hydroxyl groups is 3. The van der Waals surface area contributed by atoms with Crippen LogP contribution in [-0.2, 0) is 14.3 Å². The summed E-state index contributed by atoms with van der Waals surface area (Å²) in [5, 5.41) is 35.6. The Bertz CT molecular complexity index is 619. The Morgan fingerprint density at radius 1 is 1.30 bits per heavy atom. The van der Waals surface area contributed by atoms with Gasteiger partial charge >= 0.3 is 0 Å². The number of nitrogens with one attached hydrogen (secondary N) is 2. The SMILES string of the molecule is CSC1OC([C@H](NC(=O)[C@H]2NC[C@@H]3CC(F)(F)CCO[C@H]32)[C@H](C)Cl)C(O)C(O)C1O. The van der Waals surface area contributed by atoms with Crippen LogP contribution in [0.1, 0.15) is 19.8 Å². The molecule has 174 valence electrons. The van der Waals surface area contributed by atoms with Gasteiger partial charge in [0.2, 0.25) is 5.91 Å². The summed E-state index contributed by atoms with van der Waals surface area (Å²) in [7, 11) is 0. The molecule has 3 saturated heterocycles. The molecular weight excluding hydrogens is 446 g/mol. The zero-order valence-corrected chi connectivity index (χ0v) is 18.3. The van der Waals surface area contributed by atoms with E-state index in [1.165, 1.54) is 0 Å². The molecule has 5 unspecified atom stereocenters. The number of thioether (sulfide) groups is 1. The fourth-order valence-electron chi connectivity index (χ4n) is 4.35. The number of hydrogen-bond acceptors (Lipinski definition) is 8. The number of carbonyl (C=O) groups excluding carboxylic acids is 1. The van der Waals surface area contributed by atoms with Gasteiger partial charge < -0.3 is 35.4 Å². The summed E-state index contributed by atoms with van der Waals surface area (Å²) in [6.45, 7) is 1.68. The molecule has 0 bridgehead atoms. The minimum absolute atomic E-state index is 0.140. The molecule has 5 N–H and O–H groups in total. The van der Waals surface area contributed by atoms with Crippen molar-refractivity contribution < 1.29 is 38.4 Å². The maximum absolute atomic E-state index is 13.9. The Morgan fingerprint density at radius 3 is 2.63 bits per heavy atom. The fraction of sp³-hybridized carbons (Fsp3) is 0.944. The van der Waals surface area contributed by atoms with E-state index < -0.39 is 71.2 Å². The van der Waals surface area contributed by atoms with Crippen molar-refractivity contribution in [3.05, 3.63) is 0 Å². The highest BCUT2D eigenvalue weighted by atomic mass is 35.5. The van der Waals surface area contributed by atoms with E-state index in [0.29, 0.717) is 0 Å². The molecule has 12 heteroatoms. The maximum Gasteiger partial charge on any atom is 0.250 e. The van der Waals surface area contributed by atoms with Crippen molar-refractivity contribution in [2.75, 3.05) is 19.4 Å². The fourth-order valence-corrected chi connectivity index (χ4v) is 5.24. The summed E-state index contributed by atoms with van der Waals surface area (Å²) >= 11 is 7.41. The van der Waals surface area contributed by atoms with E-state index in [0.717, 1.165) is 11.8 Å². The molecule has 0 aromatic rings. The van der Waals surface area contributed by atoms with E-state index in [9.17, 15) is 28.9 Å². The second kappa shape index (κ2) is 9.70. The van der Waals surface area contributed by atoms with Crippen LogP contribution in [0, 0.1) is 5.92 Å². The quantitative estimate of drug-likeness (QED) is 0.344. The summed E-state index contributed by atoms with van der Waals surface area (Å²) in [6.07, 6.45) is -5.09. The Hall–Kier alpha value is -0.270. The third kappa shape index (κ3) is 5.03. The molecule has 3 aliphatic rings. The Morgan fingerprint density at radius 2 is 2.00 bits per heavy atom. The van der Waals surface area contributed by atoms with Crippen molar-refractivity contribution >= 4 is 29.3 Å². The molecule has 0 aromatic carbocycles.